The van der Waals surface area contributed by atoms with Crippen molar-refractivity contribution in [3.05, 3.63) is 285 Å². The van der Waals surface area contributed by atoms with Crippen molar-refractivity contribution < 1.29 is 33.7 Å². The van der Waals surface area contributed by atoms with Gasteiger partial charge in [0, 0.05) is 49.4 Å². The highest BCUT2D eigenvalue weighted by atomic mass is 32.2. The topological polar surface area (TPSA) is 159 Å². The number of aromatic nitrogens is 3. The Balaban J connectivity index is 0.998. The standard InChI is InChI=1S/C77H47N3O8S4/c81-89(82)68-37-17-19-39-70(68)91(85,86)74-45-48(41-43-72(74)89)50-21-1-3-23-52(50)60-47-61(57-28-9-15-35-66(57)79-62-31-11-5-24-53(62)54-25-6-12-32-63(54)79)76(78-77(60)59-30-10-16-36-67(59)80-64-33-13-7-26-55(64)56-27-8-14-34-65(56)80)58-29-4-2-22-51(58)49-42-44-73-75(46-49)92(87,88)71-40-20-18-38-69(71)90(73,83)84/h1-47H. The number of rotatable bonds is 8. The zero-order chi connectivity index (χ0) is 62.4. The Labute approximate surface area is 529 Å². The average molecular weight is 1270 g/mol. The van der Waals surface area contributed by atoms with Crippen LogP contribution in [0.25, 0.3) is 122 Å². The summed E-state index contributed by atoms with van der Waals surface area (Å²) in [6.07, 6.45) is 0. The van der Waals surface area contributed by atoms with Crippen LogP contribution >= 0.6 is 0 Å². The number of pyridine rings is 1. The number of hydrogen-bond donors (Lipinski definition) is 0. The number of benzene rings is 12. The van der Waals surface area contributed by atoms with E-state index in [-0.39, 0.29) is 39.2 Å². The van der Waals surface area contributed by atoms with Gasteiger partial charge in [-0.1, -0.05) is 194 Å². The summed E-state index contributed by atoms with van der Waals surface area (Å²) in [7, 11) is -17.2. The second-order valence-electron chi connectivity index (χ2n) is 22.9. The van der Waals surface area contributed by atoms with Crippen molar-refractivity contribution in [2.75, 3.05) is 0 Å². The molecule has 0 radical (unpaired) electrons. The molecule has 3 aromatic heterocycles. The molecule has 5 heterocycles. The fourth-order valence-corrected chi connectivity index (χ4v) is 22.2. The summed E-state index contributed by atoms with van der Waals surface area (Å²) in [5.74, 6) is 0. The van der Waals surface area contributed by atoms with Crippen LogP contribution in [0.4, 0.5) is 0 Å². The minimum absolute atomic E-state index is 0.274. The Morgan fingerprint density at radius 1 is 0.217 bits per heavy atom. The van der Waals surface area contributed by atoms with Gasteiger partial charge in [0.15, 0.2) is 0 Å². The molecule has 15 heteroatoms. The lowest BCUT2D eigenvalue weighted by Gasteiger charge is -2.24. The molecule has 92 heavy (non-hydrogen) atoms. The summed E-state index contributed by atoms with van der Waals surface area (Å²) in [5.41, 5.74) is 12.4. The maximum atomic E-state index is 14.7. The molecule has 12 aromatic carbocycles. The number of sulfone groups is 4. The van der Waals surface area contributed by atoms with Crippen LogP contribution in [-0.2, 0) is 39.3 Å². The van der Waals surface area contributed by atoms with E-state index < -0.39 is 39.3 Å². The van der Waals surface area contributed by atoms with Gasteiger partial charge in [-0.25, -0.2) is 38.7 Å². The van der Waals surface area contributed by atoms with Gasteiger partial charge in [0.25, 0.3) is 0 Å². The minimum Gasteiger partial charge on any atom is -0.309 e. The first-order valence-corrected chi connectivity index (χ1v) is 35.5. The Morgan fingerprint density at radius 3 is 0.935 bits per heavy atom. The third-order valence-corrected chi connectivity index (χ3v) is 25.9. The largest absolute Gasteiger partial charge is 0.309 e. The summed E-state index contributed by atoms with van der Waals surface area (Å²) in [6.45, 7) is 0. The molecular formula is C77H47N3O8S4. The Kier molecular flexibility index (Phi) is 12.2. The molecule has 15 aromatic rings. The molecule has 0 bridgehead atoms. The Morgan fingerprint density at radius 2 is 0.500 bits per heavy atom. The van der Waals surface area contributed by atoms with Gasteiger partial charge in [0.1, 0.15) is 0 Å². The first-order valence-electron chi connectivity index (χ1n) is 29.6. The normalized spacial score (nSPS) is 14.8. The summed E-state index contributed by atoms with van der Waals surface area (Å²) in [4.78, 5) is 3.64. The van der Waals surface area contributed by atoms with Crippen LogP contribution in [0.3, 0.4) is 0 Å². The summed E-state index contributed by atoms with van der Waals surface area (Å²) in [6, 6.07) is 86.9. The number of fused-ring (bicyclic) bond motifs is 10. The van der Waals surface area contributed by atoms with Crippen LogP contribution in [-0.4, -0.2) is 47.8 Å². The lowest BCUT2D eigenvalue weighted by atomic mass is 9.86. The molecule has 0 amide bonds. The molecular weight excluding hydrogens is 1220 g/mol. The van der Waals surface area contributed by atoms with Gasteiger partial charge in [-0.2, -0.15) is 0 Å². The maximum Gasteiger partial charge on any atom is 0.209 e. The zero-order valence-electron chi connectivity index (χ0n) is 48.4. The summed E-state index contributed by atoms with van der Waals surface area (Å²) in [5, 5.41) is 4.17. The van der Waals surface area contributed by atoms with E-state index in [0.29, 0.717) is 61.5 Å². The second-order valence-corrected chi connectivity index (χ2v) is 30.4. The van der Waals surface area contributed by atoms with E-state index in [4.69, 9.17) is 4.98 Å². The van der Waals surface area contributed by atoms with Gasteiger partial charge in [0.05, 0.1) is 84.0 Å². The molecule has 2 aliphatic heterocycles. The van der Waals surface area contributed by atoms with E-state index in [2.05, 4.69) is 81.9 Å². The minimum atomic E-state index is -4.36. The van der Waals surface area contributed by atoms with Crippen molar-refractivity contribution in [2.45, 2.75) is 39.2 Å². The average Bonchev–Trinajstić information content (AvgIpc) is 1.10. The van der Waals surface area contributed by atoms with Gasteiger partial charge < -0.3 is 9.13 Å². The third kappa shape index (κ3) is 8.05. The predicted octanol–water partition coefficient (Wildman–Crippen LogP) is 17.2. The van der Waals surface area contributed by atoms with Crippen molar-refractivity contribution in [3.8, 4) is 78.4 Å². The van der Waals surface area contributed by atoms with Gasteiger partial charge >= 0.3 is 0 Å². The second kappa shape index (κ2) is 20.4. The molecule has 442 valence electrons. The van der Waals surface area contributed by atoms with Crippen molar-refractivity contribution in [1.29, 1.82) is 0 Å². The molecule has 0 saturated carbocycles. The summed E-state index contributed by atoms with van der Waals surface area (Å²) < 4.78 is 121. The van der Waals surface area contributed by atoms with Crippen molar-refractivity contribution >= 4 is 83.0 Å². The van der Waals surface area contributed by atoms with Gasteiger partial charge in [0.2, 0.25) is 39.3 Å². The van der Waals surface area contributed by atoms with Crippen LogP contribution in [0, 0.1) is 0 Å². The Bertz CT molecular complexity index is 5740. The van der Waals surface area contributed by atoms with Gasteiger partial charge in [-0.05, 0) is 119 Å². The molecule has 0 spiro atoms. The van der Waals surface area contributed by atoms with Crippen LogP contribution in [0.1, 0.15) is 0 Å². The van der Waals surface area contributed by atoms with Crippen molar-refractivity contribution in [1.82, 2.24) is 14.1 Å². The zero-order valence-corrected chi connectivity index (χ0v) is 51.6. The molecule has 11 nitrogen and oxygen atoms in total. The first kappa shape index (κ1) is 55.3. The van der Waals surface area contributed by atoms with Crippen LogP contribution < -0.4 is 0 Å². The first-order chi connectivity index (χ1) is 44.7. The smallest absolute Gasteiger partial charge is 0.209 e. The van der Waals surface area contributed by atoms with E-state index >= 15 is 0 Å². The number of hydrogen-bond acceptors (Lipinski definition) is 9. The SMILES string of the molecule is O=S1(=O)c2ccccc2S(=O)(=O)c2cc(-c3ccccc3-c3cc(-c4ccccc4-n4c5ccccc5c5ccccc54)c(-c4ccccc4-c4ccc5c(c4)S(=O)(=O)c4ccccc4S5(=O)=O)nc3-c3ccccc3-n3c4ccccc4c4ccccc43)ccc21. The van der Waals surface area contributed by atoms with Crippen LogP contribution in [0.2, 0.25) is 0 Å². The molecule has 0 aliphatic carbocycles. The fraction of sp³-hybridized carbons (Fsp3) is 0. The van der Waals surface area contributed by atoms with E-state index in [9.17, 15) is 33.7 Å². The molecule has 0 unspecified atom stereocenters. The maximum absolute atomic E-state index is 14.7. The molecule has 17 rings (SSSR count). The molecule has 0 N–H and O–H groups in total. The third-order valence-electron chi connectivity index (χ3n) is 17.9. The van der Waals surface area contributed by atoms with E-state index in [1.807, 2.05) is 127 Å². The van der Waals surface area contributed by atoms with Gasteiger partial charge in [-0.3, -0.25) is 0 Å². The lowest BCUT2D eigenvalue weighted by Crippen LogP contribution is -2.19. The molecule has 0 fully saturated rings. The number of nitrogens with zero attached hydrogens (tertiary/aromatic N) is 3. The predicted molar refractivity (Wildman–Crippen MR) is 360 cm³/mol. The molecule has 2 aliphatic rings. The van der Waals surface area contributed by atoms with Crippen molar-refractivity contribution in [2.24, 2.45) is 0 Å². The van der Waals surface area contributed by atoms with Crippen LogP contribution in [0.5, 0.6) is 0 Å². The van der Waals surface area contributed by atoms with E-state index in [1.54, 1.807) is 12.1 Å². The van der Waals surface area contributed by atoms with Crippen molar-refractivity contribution in [3.63, 3.8) is 0 Å². The lowest BCUT2D eigenvalue weighted by molar-refractivity contribution is 0.570. The van der Waals surface area contributed by atoms with E-state index in [0.717, 1.165) is 60.5 Å². The molecule has 0 saturated heterocycles. The number of para-hydroxylation sites is 6. The Hall–Kier alpha value is -10.8. The van der Waals surface area contributed by atoms with E-state index in [1.165, 1.54) is 72.8 Å². The highest BCUT2D eigenvalue weighted by molar-refractivity contribution is 7.98. The fourth-order valence-electron chi connectivity index (χ4n) is 13.9. The highest BCUT2D eigenvalue weighted by Crippen LogP contribution is 2.51. The monoisotopic (exact) mass is 1270 g/mol. The highest BCUT2D eigenvalue weighted by Gasteiger charge is 2.41. The molecule has 0 atom stereocenters. The van der Waals surface area contributed by atoms with Crippen LogP contribution in [0.15, 0.2) is 324 Å². The van der Waals surface area contributed by atoms with Gasteiger partial charge in [-0.15, -0.1) is 0 Å². The quantitative estimate of drug-likeness (QED) is 0.144. The summed E-state index contributed by atoms with van der Waals surface area (Å²) >= 11 is 0.